The predicted octanol–water partition coefficient (Wildman–Crippen LogP) is 5.76. The smallest absolute Gasteiger partial charge is 0.270 e. The Morgan fingerprint density at radius 2 is 1.65 bits per heavy atom. The fourth-order valence-corrected chi connectivity index (χ4v) is 5.39. The molecule has 0 saturated carbocycles. The van der Waals surface area contributed by atoms with Crippen LogP contribution < -0.4 is 0 Å². The first kappa shape index (κ1) is 24.7. The average Bonchev–Trinajstić information content (AvgIpc) is 3.24. The molecule has 3 atom stereocenters. The van der Waals surface area contributed by atoms with E-state index in [0.29, 0.717) is 19.6 Å². The maximum absolute atomic E-state index is 13.6. The fraction of sp³-hybridized carbons (Fsp3) is 0.300. The molecule has 1 aliphatic rings. The molecule has 7 heteroatoms. The predicted molar refractivity (Wildman–Crippen MR) is 144 cm³/mol. The molecule has 0 aliphatic carbocycles. The highest BCUT2D eigenvalue weighted by Crippen LogP contribution is 2.37. The number of fused-ring (bicyclic) bond motifs is 1. The average molecular weight is 498 g/mol. The van der Waals surface area contributed by atoms with Crippen LogP contribution in [0, 0.1) is 10.1 Å². The van der Waals surface area contributed by atoms with Gasteiger partial charge in [-0.2, -0.15) is 0 Å². The molecule has 1 amide bonds. The van der Waals surface area contributed by atoms with Crippen LogP contribution in [0.1, 0.15) is 42.9 Å². The second kappa shape index (κ2) is 10.6. The molecule has 1 aromatic heterocycles. The van der Waals surface area contributed by atoms with E-state index in [0.717, 1.165) is 27.6 Å². The number of amides is 1. The van der Waals surface area contributed by atoms with Crippen molar-refractivity contribution in [3.8, 4) is 0 Å². The summed E-state index contributed by atoms with van der Waals surface area (Å²) in [5.74, 6) is -0.186. The second-order valence-corrected chi connectivity index (χ2v) is 9.88. The maximum atomic E-state index is 13.6. The van der Waals surface area contributed by atoms with Crippen molar-refractivity contribution in [2.24, 2.45) is 0 Å². The van der Waals surface area contributed by atoms with Gasteiger partial charge in [0, 0.05) is 61.2 Å². The third-order valence-electron chi connectivity index (χ3n) is 7.03. The van der Waals surface area contributed by atoms with E-state index in [-0.39, 0.29) is 41.1 Å². The van der Waals surface area contributed by atoms with Crippen LogP contribution in [0.2, 0.25) is 0 Å². The molecule has 0 bridgehead atoms. The molecule has 0 N–H and O–H groups in total. The quantitative estimate of drug-likeness (QED) is 0.240. The summed E-state index contributed by atoms with van der Waals surface area (Å²) >= 11 is 0. The molecule has 0 radical (unpaired) electrons. The van der Waals surface area contributed by atoms with Crippen molar-refractivity contribution in [1.29, 1.82) is 0 Å². The molecule has 0 unspecified atom stereocenters. The number of morpholine rings is 1. The number of aromatic nitrogens is 1. The fourth-order valence-electron chi connectivity index (χ4n) is 5.39. The van der Waals surface area contributed by atoms with Crippen LogP contribution in [-0.4, -0.2) is 45.6 Å². The van der Waals surface area contributed by atoms with Gasteiger partial charge in [0.05, 0.1) is 17.1 Å². The zero-order valence-electron chi connectivity index (χ0n) is 21.1. The topological polar surface area (TPSA) is 77.6 Å². The lowest BCUT2D eigenvalue weighted by Gasteiger charge is -2.36. The van der Waals surface area contributed by atoms with Gasteiger partial charge in [-0.15, -0.1) is 0 Å². The van der Waals surface area contributed by atoms with Gasteiger partial charge in [-0.05, 0) is 36.6 Å². The summed E-state index contributed by atoms with van der Waals surface area (Å²) < 4.78 is 7.96. The Labute approximate surface area is 216 Å². The number of carbonyl (C=O) groups is 1. The lowest BCUT2D eigenvalue weighted by atomic mass is 9.87. The highest BCUT2D eigenvalue weighted by atomic mass is 16.6. The van der Waals surface area contributed by atoms with Gasteiger partial charge in [-0.3, -0.25) is 14.9 Å². The van der Waals surface area contributed by atoms with Crippen molar-refractivity contribution < 1.29 is 14.5 Å². The van der Waals surface area contributed by atoms with Gasteiger partial charge >= 0.3 is 0 Å². The van der Waals surface area contributed by atoms with Crippen LogP contribution in [0.3, 0.4) is 0 Å². The number of benzene rings is 3. The van der Waals surface area contributed by atoms with Crippen molar-refractivity contribution in [3.05, 3.63) is 112 Å². The Balaban J connectivity index is 1.59. The molecule has 5 rings (SSSR count). The largest absolute Gasteiger partial charge is 0.372 e. The van der Waals surface area contributed by atoms with Crippen LogP contribution in [-0.2, 0) is 16.1 Å². The van der Waals surface area contributed by atoms with Crippen molar-refractivity contribution >= 4 is 22.5 Å². The number of rotatable bonds is 7. The molecule has 1 saturated heterocycles. The van der Waals surface area contributed by atoms with Gasteiger partial charge in [-0.1, -0.05) is 60.7 Å². The molecule has 4 aromatic rings. The first-order valence-electron chi connectivity index (χ1n) is 12.7. The summed E-state index contributed by atoms with van der Waals surface area (Å²) in [7, 11) is 0. The van der Waals surface area contributed by atoms with Crippen LogP contribution in [0.15, 0.2) is 85.1 Å². The number of nitrogens with zero attached hydrogens (tertiary/aromatic N) is 3. The summed E-state index contributed by atoms with van der Waals surface area (Å²) in [6, 6.07) is 25.1. The van der Waals surface area contributed by atoms with Gasteiger partial charge in [0.25, 0.3) is 5.69 Å². The molecule has 2 heterocycles. The Morgan fingerprint density at radius 3 is 2.30 bits per heavy atom. The minimum atomic E-state index is -0.364. The second-order valence-electron chi connectivity index (χ2n) is 9.88. The summed E-state index contributed by atoms with van der Waals surface area (Å²) in [5.41, 5.74) is 4.01. The standard InChI is InChI=1S/C30H31N3O4/c1-21-17-32(18-22(2)37-21)30(34)16-26(24-11-7-4-8-12-24)28-20-31(19-23-9-5-3-6-10-23)29-14-13-25(33(35)36)15-27(28)29/h3-15,20-22,26H,16-19H2,1-2H3/t21-,22-,26-/m1/s1. The lowest BCUT2D eigenvalue weighted by Crippen LogP contribution is -2.48. The first-order chi connectivity index (χ1) is 17.9. The van der Waals surface area contributed by atoms with Crippen molar-refractivity contribution in [3.63, 3.8) is 0 Å². The van der Waals surface area contributed by atoms with Crippen molar-refractivity contribution in [2.45, 2.75) is 44.9 Å². The first-order valence-corrected chi connectivity index (χ1v) is 12.7. The Bertz CT molecular complexity index is 1390. The van der Waals surface area contributed by atoms with Gasteiger partial charge < -0.3 is 14.2 Å². The molecule has 37 heavy (non-hydrogen) atoms. The van der Waals surface area contributed by atoms with Crippen molar-refractivity contribution in [2.75, 3.05) is 13.1 Å². The SMILES string of the molecule is C[C@@H]1CN(C(=O)C[C@H](c2ccccc2)c2cn(Cc3ccccc3)c3ccc([N+](=O)[O-])cc23)C[C@@H](C)O1. The molecular weight excluding hydrogens is 466 g/mol. The third kappa shape index (κ3) is 5.42. The molecule has 190 valence electrons. The zero-order chi connectivity index (χ0) is 25.9. The van der Waals surface area contributed by atoms with Crippen LogP contribution in [0.5, 0.6) is 0 Å². The Kier molecular flexibility index (Phi) is 7.06. The summed E-state index contributed by atoms with van der Waals surface area (Å²) in [5, 5.41) is 12.5. The maximum Gasteiger partial charge on any atom is 0.270 e. The van der Waals surface area contributed by atoms with E-state index in [1.807, 2.05) is 73.3 Å². The molecular formula is C30H31N3O4. The van der Waals surface area contributed by atoms with E-state index in [2.05, 4.69) is 22.9 Å². The van der Waals surface area contributed by atoms with E-state index < -0.39 is 0 Å². The van der Waals surface area contributed by atoms with E-state index in [1.165, 1.54) is 0 Å². The number of hydrogen-bond donors (Lipinski definition) is 0. The third-order valence-corrected chi connectivity index (χ3v) is 7.03. The van der Waals surface area contributed by atoms with Crippen LogP contribution >= 0.6 is 0 Å². The van der Waals surface area contributed by atoms with E-state index >= 15 is 0 Å². The number of nitro groups is 1. The van der Waals surface area contributed by atoms with Gasteiger partial charge in [0.1, 0.15) is 0 Å². The molecule has 7 nitrogen and oxygen atoms in total. The lowest BCUT2D eigenvalue weighted by molar-refractivity contribution is -0.384. The van der Waals surface area contributed by atoms with E-state index in [4.69, 9.17) is 4.74 Å². The molecule has 0 spiro atoms. The zero-order valence-corrected chi connectivity index (χ0v) is 21.1. The number of carbonyl (C=O) groups excluding carboxylic acids is 1. The minimum absolute atomic E-state index is 0.0155. The monoisotopic (exact) mass is 497 g/mol. The number of hydrogen-bond acceptors (Lipinski definition) is 4. The van der Waals surface area contributed by atoms with E-state index in [1.54, 1.807) is 12.1 Å². The summed E-state index contributed by atoms with van der Waals surface area (Å²) in [4.78, 5) is 26.8. The van der Waals surface area contributed by atoms with E-state index in [9.17, 15) is 14.9 Å². The summed E-state index contributed by atoms with van der Waals surface area (Å²) in [6.07, 6.45) is 2.31. The van der Waals surface area contributed by atoms with Crippen LogP contribution in [0.4, 0.5) is 5.69 Å². The Morgan fingerprint density at radius 1 is 1.00 bits per heavy atom. The molecule has 1 fully saturated rings. The van der Waals surface area contributed by atoms with Gasteiger partial charge in [-0.25, -0.2) is 0 Å². The van der Waals surface area contributed by atoms with Gasteiger partial charge in [0.15, 0.2) is 0 Å². The molecule has 3 aromatic carbocycles. The minimum Gasteiger partial charge on any atom is -0.372 e. The highest BCUT2D eigenvalue weighted by molar-refractivity contribution is 5.88. The van der Waals surface area contributed by atoms with Gasteiger partial charge in [0.2, 0.25) is 5.91 Å². The number of ether oxygens (including phenoxy) is 1. The summed E-state index contributed by atoms with van der Waals surface area (Å²) in [6.45, 7) is 5.73. The number of nitro benzene ring substituents is 1. The number of non-ortho nitro benzene ring substituents is 1. The highest BCUT2D eigenvalue weighted by Gasteiger charge is 2.30. The molecule has 1 aliphatic heterocycles. The van der Waals surface area contributed by atoms with Crippen molar-refractivity contribution in [1.82, 2.24) is 9.47 Å². The normalized spacial score (nSPS) is 18.6. The van der Waals surface area contributed by atoms with Crippen LogP contribution in [0.25, 0.3) is 10.9 Å². The Hall–Kier alpha value is -3.97.